The Balaban J connectivity index is 1.59. The van der Waals surface area contributed by atoms with E-state index in [9.17, 15) is 9.59 Å². The van der Waals surface area contributed by atoms with E-state index in [2.05, 4.69) is 15.2 Å². The molecular formula is C21H26N4O3. The molecule has 2 amide bonds. The number of hydrogen-bond donors (Lipinski definition) is 1. The Morgan fingerprint density at radius 2 is 1.89 bits per heavy atom. The number of carbonyl (C=O) groups excluding carboxylic acids is 2. The van der Waals surface area contributed by atoms with Crippen LogP contribution in [0.4, 0.5) is 10.5 Å². The molecule has 0 saturated carbocycles. The lowest BCUT2D eigenvalue weighted by atomic mass is 10.2. The van der Waals surface area contributed by atoms with Crippen molar-refractivity contribution < 1.29 is 14.3 Å². The molecule has 0 atom stereocenters. The van der Waals surface area contributed by atoms with Gasteiger partial charge in [-0.25, -0.2) is 9.59 Å². The van der Waals surface area contributed by atoms with Crippen LogP contribution in [-0.4, -0.2) is 59.6 Å². The Labute approximate surface area is 165 Å². The highest BCUT2D eigenvalue weighted by atomic mass is 16.5. The van der Waals surface area contributed by atoms with Gasteiger partial charge in [0.1, 0.15) is 0 Å². The molecule has 0 radical (unpaired) electrons. The second-order valence-corrected chi connectivity index (χ2v) is 6.63. The van der Waals surface area contributed by atoms with Crippen molar-refractivity contribution in [1.29, 1.82) is 0 Å². The number of esters is 1. The molecule has 1 fully saturated rings. The number of amides is 2. The van der Waals surface area contributed by atoms with Crippen LogP contribution in [0.2, 0.25) is 0 Å². The average Bonchev–Trinajstić information content (AvgIpc) is 2.95. The summed E-state index contributed by atoms with van der Waals surface area (Å²) in [5, 5.41) is 2.87. The normalized spacial score (nSPS) is 15.0. The number of aromatic nitrogens is 1. The number of carbonyl (C=O) groups is 2. The van der Waals surface area contributed by atoms with E-state index < -0.39 is 5.97 Å². The maximum Gasteiger partial charge on any atom is 0.340 e. The van der Waals surface area contributed by atoms with Gasteiger partial charge in [0.05, 0.1) is 23.6 Å². The van der Waals surface area contributed by atoms with Gasteiger partial charge in [-0.2, -0.15) is 0 Å². The molecule has 1 aliphatic heterocycles. The fourth-order valence-electron chi connectivity index (χ4n) is 3.23. The van der Waals surface area contributed by atoms with Gasteiger partial charge in [-0.05, 0) is 37.6 Å². The van der Waals surface area contributed by atoms with Crippen molar-refractivity contribution in [2.45, 2.75) is 19.9 Å². The first kappa shape index (κ1) is 19.8. The van der Waals surface area contributed by atoms with E-state index in [4.69, 9.17) is 4.74 Å². The zero-order valence-electron chi connectivity index (χ0n) is 16.1. The van der Waals surface area contributed by atoms with Gasteiger partial charge in [0.25, 0.3) is 0 Å². The Bertz CT molecular complexity index is 797. The number of urea groups is 1. The lowest BCUT2D eigenvalue weighted by Gasteiger charge is -2.22. The van der Waals surface area contributed by atoms with Gasteiger partial charge in [0.15, 0.2) is 0 Å². The molecule has 148 valence electrons. The molecule has 1 N–H and O–H groups in total. The summed E-state index contributed by atoms with van der Waals surface area (Å²) in [5.41, 5.74) is 1.87. The zero-order valence-corrected chi connectivity index (χ0v) is 16.1. The molecule has 2 aromatic rings. The third-order valence-electron chi connectivity index (χ3n) is 4.65. The zero-order chi connectivity index (χ0) is 19.8. The summed E-state index contributed by atoms with van der Waals surface area (Å²) in [6.45, 7) is 5.82. The highest BCUT2D eigenvalue weighted by molar-refractivity contribution is 6.00. The van der Waals surface area contributed by atoms with E-state index in [-0.39, 0.29) is 6.03 Å². The van der Waals surface area contributed by atoms with Crippen molar-refractivity contribution in [1.82, 2.24) is 14.8 Å². The number of anilines is 1. The van der Waals surface area contributed by atoms with Gasteiger partial charge in [-0.15, -0.1) is 0 Å². The van der Waals surface area contributed by atoms with Gasteiger partial charge in [-0.3, -0.25) is 9.88 Å². The maximum absolute atomic E-state index is 12.7. The molecule has 1 aromatic heterocycles. The fourth-order valence-corrected chi connectivity index (χ4v) is 3.23. The van der Waals surface area contributed by atoms with Crippen LogP contribution in [0.3, 0.4) is 0 Å². The van der Waals surface area contributed by atoms with E-state index in [0.717, 1.165) is 31.7 Å². The maximum atomic E-state index is 12.7. The van der Waals surface area contributed by atoms with E-state index in [1.54, 1.807) is 42.3 Å². The number of nitrogens with one attached hydrogen (secondary N) is 1. The first-order valence-corrected chi connectivity index (χ1v) is 9.61. The van der Waals surface area contributed by atoms with Crippen LogP contribution in [0.15, 0.2) is 48.7 Å². The van der Waals surface area contributed by atoms with Crippen LogP contribution in [0.5, 0.6) is 0 Å². The molecule has 7 nitrogen and oxygen atoms in total. The molecule has 28 heavy (non-hydrogen) atoms. The smallest absolute Gasteiger partial charge is 0.340 e. The SMILES string of the molecule is CCOC(=O)c1ccccc1NC(=O)N1CCCN(Cc2ccccn2)CC1. The molecular weight excluding hydrogens is 356 g/mol. The minimum atomic E-state index is -0.434. The number of para-hydroxylation sites is 1. The minimum absolute atomic E-state index is 0.198. The molecule has 0 aliphatic carbocycles. The summed E-state index contributed by atoms with van der Waals surface area (Å²) >= 11 is 0. The Hall–Kier alpha value is -2.93. The molecule has 0 unspecified atom stereocenters. The summed E-state index contributed by atoms with van der Waals surface area (Å²) < 4.78 is 5.07. The largest absolute Gasteiger partial charge is 0.462 e. The number of hydrogen-bond acceptors (Lipinski definition) is 5. The van der Waals surface area contributed by atoms with E-state index in [1.807, 2.05) is 18.2 Å². The van der Waals surface area contributed by atoms with Gasteiger partial charge in [0.2, 0.25) is 0 Å². The van der Waals surface area contributed by atoms with Crippen molar-refractivity contribution in [3.63, 3.8) is 0 Å². The molecule has 1 aromatic carbocycles. The van der Waals surface area contributed by atoms with Crippen LogP contribution in [0.25, 0.3) is 0 Å². The van der Waals surface area contributed by atoms with Gasteiger partial charge >= 0.3 is 12.0 Å². The Kier molecular flexibility index (Phi) is 6.97. The van der Waals surface area contributed by atoms with Crippen molar-refractivity contribution >= 4 is 17.7 Å². The Morgan fingerprint density at radius 1 is 1.07 bits per heavy atom. The fraction of sp³-hybridized carbons (Fsp3) is 0.381. The standard InChI is InChI=1S/C21H26N4O3/c1-2-28-20(26)18-9-3-4-10-19(18)23-21(27)25-13-7-12-24(14-15-25)16-17-8-5-6-11-22-17/h3-6,8-11H,2,7,12-16H2,1H3,(H,23,27). The summed E-state index contributed by atoms with van der Waals surface area (Å²) in [7, 11) is 0. The highest BCUT2D eigenvalue weighted by Gasteiger charge is 2.21. The van der Waals surface area contributed by atoms with E-state index in [1.165, 1.54) is 0 Å². The molecule has 1 saturated heterocycles. The summed E-state index contributed by atoms with van der Waals surface area (Å²) in [6, 6.07) is 12.6. The predicted octanol–water partition coefficient (Wildman–Crippen LogP) is 3.00. The summed E-state index contributed by atoms with van der Waals surface area (Å²) in [4.78, 5) is 33.3. The first-order chi connectivity index (χ1) is 13.7. The van der Waals surface area contributed by atoms with Crippen LogP contribution >= 0.6 is 0 Å². The van der Waals surface area contributed by atoms with Crippen LogP contribution in [-0.2, 0) is 11.3 Å². The summed E-state index contributed by atoms with van der Waals surface area (Å²) in [6.07, 6.45) is 2.69. The predicted molar refractivity (Wildman–Crippen MR) is 107 cm³/mol. The monoisotopic (exact) mass is 382 g/mol. The van der Waals surface area contributed by atoms with E-state index in [0.29, 0.717) is 30.9 Å². The number of ether oxygens (including phenoxy) is 1. The van der Waals surface area contributed by atoms with Crippen molar-refractivity contribution in [2.75, 3.05) is 38.1 Å². The highest BCUT2D eigenvalue weighted by Crippen LogP contribution is 2.17. The molecule has 3 rings (SSSR count). The van der Waals surface area contributed by atoms with Gasteiger partial charge < -0.3 is 15.0 Å². The molecule has 0 spiro atoms. The number of pyridine rings is 1. The third kappa shape index (κ3) is 5.29. The minimum Gasteiger partial charge on any atom is -0.462 e. The number of rotatable bonds is 5. The molecule has 2 heterocycles. The van der Waals surface area contributed by atoms with Crippen LogP contribution < -0.4 is 5.32 Å². The number of nitrogens with zero attached hydrogens (tertiary/aromatic N) is 3. The average molecular weight is 382 g/mol. The first-order valence-electron chi connectivity index (χ1n) is 9.61. The van der Waals surface area contributed by atoms with Gasteiger partial charge in [0, 0.05) is 38.9 Å². The molecule has 0 bridgehead atoms. The van der Waals surface area contributed by atoms with Crippen LogP contribution in [0.1, 0.15) is 29.4 Å². The Morgan fingerprint density at radius 3 is 2.68 bits per heavy atom. The van der Waals surface area contributed by atoms with Crippen molar-refractivity contribution in [3.8, 4) is 0 Å². The topological polar surface area (TPSA) is 74.8 Å². The van der Waals surface area contributed by atoms with Crippen LogP contribution in [0, 0.1) is 0 Å². The lowest BCUT2D eigenvalue weighted by Crippen LogP contribution is -2.38. The third-order valence-corrected chi connectivity index (χ3v) is 4.65. The van der Waals surface area contributed by atoms with Crippen molar-refractivity contribution in [2.24, 2.45) is 0 Å². The quantitative estimate of drug-likeness (QED) is 0.805. The molecule has 1 aliphatic rings. The number of benzene rings is 1. The van der Waals surface area contributed by atoms with Gasteiger partial charge in [-0.1, -0.05) is 18.2 Å². The van der Waals surface area contributed by atoms with E-state index >= 15 is 0 Å². The second kappa shape index (κ2) is 9.85. The van der Waals surface area contributed by atoms with Crippen molar-refractivity contribution in [3.05, 3.63) is 59.9 Å². The lowest BCUT2D eigenvalue weighted by molar-refractivity contribution is 0.0527. The second-order valence-electron chi connectivity index (χ2n) is 6.63. The molecule has 7 heteroatoms. The summed E-state index contributed by atoms with van der Waals surface area (Å²) in [5.74, 6) is -0.434.